The molecule has 1 N–H and O–H groups in total. The van der Waals surface area contributed by atoms with E-state index in [4.69, 9.17) is 0 Å². The molecule has 21 heavy (non-hydrogen) atoms. The van der Waals surface area contributed by atoms with E-state index in [1.807, 2.05) is 61.4 Å². The minimum absolute atomic E-state index is 0.0811. The molecule has 5 nitrogen and oxygen atoms in total. The van der Waals surface area contributed by atoms with Crippen molar-refractivity contribution in [2.24, 2.45) is 0 Å². The topological polar surface area (TPSA) is 58.1 Å². The molecular formula is C15H18N4OS. The minimum Gasteiger partial charge on any atom is -0.299 e. The molecule has 1 heterocycles. The molecule has 0 saturated heterocycles. The zero-order valence-corrected chi connectivity index (χ0v) is 12.9. The molecule has 0 fully saturated rings. The highest BCUT2D eigenvalue weighted by Crippen LogP contribution is 2.09. The summed E-state index contributed by atoms with van der Waals surface area (Å²) in [6, 6.07) is 9.84. The Hall–Kier alpha value is -2.05. The van der Waals surface area contributed by atoms with E-state index in [0.29, 0.717) is 11.7 Å². The van der Waals surface area contributed by atoms with Crippen LogP contribution in [0.15, 0.2) is 41.9 Å². The molecule has 1 aromatic carbocycles. The van der Waals surface area contributed by atoms with Gasteiger partial charge in [0.2, 0.25) is 11.0 Å². The van der Waals surface area contributed by atoms with Crippen LogP contribution in [0.3, 0.4) is 0 Å². The third-order valence-corrected chi connectivity index (χ3v) is 3.74. The summed E-state index contributed by atoms with van der Waals surface area (Å²) in [6.45, 7) is 2.56. The number of carbonyl (C=O) groups excluding carboxylic acids is 1. The molecule has 2 aromatic rings. The van der Waals surface area contributed by atoms with Gasteiger partial charge in [0.05, 0.1) is 6.04 Å². The zero-order chi connectivity index (χ0) is 15.1. The van der Waals surface area contributed by atoms with Crippen LogP contribution in [0.1, 0.15) is 12.5 Å². The first kappa shape index (κ1) is 15.3. The maximum Gasteiger partial charge on any atom is 0.243 e. The summed E-state index contributed by atoms with van der Waals surface area (Å²) in [7, 11) is 1.92. The van der Waals surface area contributed by atoms with Crippen molar-refractivity contribution in [1.29, 1.82) is 0 Å². The lowest BCUT2D eigenvalue weighted by atomic mass is 10.2. The molecule has 0 spiro atoms. The van der Waals surface area contributed by atoms with Gasteiger partial charge in [-0.25, -0.2) is 0 Å². The third kappa shape index (κ3) is 4.77. The summed E-state index contributed by atoms with van der Waals surface area (Å²) in [5, 5.41) is 10.8. The summed E-state index contributed by atoms with van der Waals surface area (Å²) in [6.07, 6.45) is 4.09. The van der Waals surface area contributed by atoms with Crippen LogP contribution in [-0.2, 0) is 4.79 Å². The van der Waals surface area contributed by atoms with Crippen LogP contribution in [-0.4, -0.2) is 40.6 Å². The van der Waals surface area contributed by atoms with Gasteiger partial charge in [0.15, 0.2) is 0 Å². The largest absolute Gasteiger partial charge is 0.299 e. The molecule has 6 heteroatoms. The van der Waals surface area contributed by atoms with Crippen molar-refractivity contribution in [3.63, 3.8) is 0 Å². The predicted molar refractivity (Wildman–Crippen MR) is 86.1 cm³/mol. The highest BCUT2D eigenvalue weighted by Gasteiger charge is 2.17. The maximum absolute atomic E-state index is 12.0. The van der Waals surface area contributed by atoms with Crippen molar-refractivity contribution in [2.75, 3.05) is 18.9 Å². The number of hydrogen-bond donors (Lipinski definition) is 1. The Morgan fingerprint density at radius 1 is 1.43 bits per heavy atom. The molecule has 0 aliphatic heterocycles. The SMILES string of the molecule is C[C@H](C(=O)Nc1nncs1)N(C)C/C=C/c1ccccc1. The molecule has 1 atom stereocenters. The number of benzene rings is 1. The Bertz CT molecular complexity index is 583. The second-order valence-electron chi connectivity index (χ2n) is 4.66. The number of aromatic nitrogens is 2. The monoisotopic (exact) mass is 302 g/mol. The molecule has 110 valence electrons. The average Bonchev–Trinajstić information content (AvgIpc) is 3.00. The van der Waals surface area contributed by atoms with Crippen molar-refractivity contribution in [3.8, 4) is 0 Å². The quantitative estimate of drug-likeness (QED) is 0.891. The molecule has 0 saturated carbocycles. The average molecular weight is 302 g/mol. The van der Waals surface area contributed by atoms with Crippen molar-refractivity contribution in [3.05, 3.63) is 47.5 Å². The third-order valence-electron chi connectivity index (χ3n) is 3.13. The van der Waals surface area contributed by atoms with Crippen LogP contribution in [0, 0.1) is 0 Å². The maximum atomic E-state index is 12.0. The highest BCUT2D eigenvalue weighted by molar-refractivity contribution is 7.13. The molecule has 2 rings (SSSR count). The second-order valence-corrected chi connectivity index (χ2v) is 5.49. The van der Waals surface area contributed by atoms with Crippen molar-refractivity contribution >= 4 is 28.5 Å². The normalized spacial score (nSPS) is 12.7. The Balaban J connectivity index is 1.83. The molecule has 0 aliphatic carbocycles. The van der Waals surface area contributed by atoms with Crippen LogP contribution in [0.5, 0.6) is 0 Å². The molecule has 0 radical (unpaired) electrons. The van der Waals surface area contributed by atoms with Gasteiger partial charge in [0, 0.05) is 6.54 Å². The zero-order valence-electron chi connectivity index (χ0n) is 12.1. The van der Waals surface area contributed by atoms with Gasteiger partial charge >= 0.3 is 0 Å². The first-order chi connectivity index (χ1) is 10.2. The van der Waals surface area contributed by atoms with Gasteiger partial charge in [0.25, 0.3) is 0 Å². The van der Waals surface area contributed by atoms with Crippen LogP contribution in [0.2, 0.25) is 0 Å². The van der Waals surface area contributed by atoms with E-state index in [9.17, 15) is 4.79 Å². The highest BCUT2D eigenvalue weighted by atomic mass is 32.1. The van der Waals surface area contributed by atoms with E-state index in [0.717, 1.165) is 5.56 Å². The molecule has 0 unspecified atom stereocenters. The van der Waals surface area contributed by atoms with Gasteiger partial charge in [-0.15, -0.1) is 10.2 Å². The van der Waals surface area contributed by atoms with Gasteiger partial charge in [-0.2, -0.15) is 0 Å². The molecular weight excluding hydrogens is 284 g/mol. The number of hydrogen-bond acceptors (Lipinski definition) is 5. The number of rotatable bonds is 6. The lowest BCUT2D eigenvalue weighted by molar-refractivity contribution is -0.120. The summed E-state index contributed by atoms with van der Waals surface area (Å²) in [5.74, 6) is -0.0811. The van der Waals surface area contributed by atoms with E-state index in [1.54, 1.807) is 5.51 Å². The summed E-state index contributed by atoms with van der Waals surface area (Å²) < 4.78 is 0. The van der Waals surface area contributed by atoms with E-state index in [1.165, 1.54) is 11.3 Å². The van der Waals surface area contributed by atoms with E-state index < -0.39 is 0 Å². The van der Waals surface area contributed by atoms with Crippen LogP contribution < -0.4 is 5.32 Å². The number of likely N-dealkylation sites (N-methyl/N-ethyl adjacent to an activating group) is 1. The van der Waals surface area contributed by atoms with Crippen molar-refractivity contribution < 1.29 is 4.79 Å². The number of amides is 1. The van der Waals surface area contributed by atoms with Gasteiger partial charge in [-0.3, -0.25) is 15.0 Å². The Kier molecular flexibility index (Phi) is 5.59. The fraction of sp³-hybridized carbons (Fsp3) is 0.267. The van der Waals surface area contributed by atoms with Gasteiger partial charge in [0.1, 0.15) is 5.51 Å². The fourth-order valence-corrected chi connectivity index (χ4v) is 2.16. The number of nitrogens with zero attached hydrogens (tertiary/aromatic N) is 3. The van der Waals surface area contributed by atoms with Crippen LogP contribution in [0.25, 0.3) is 6.08 Å². The fourth-order valence-electron chi connectivity index (χ4n) is 1.71. The molecule has 0 bridgehead atoms. The Labute approximate surface area is 128 Å². The van der Waals surface area contributed by atoms with E-state index in [2.05, 4.69) is 15.5 Å². The molecule has 1 amide bonds. The lowest BCUT2D eigenvalue weighted by Gasteiger charge is -2.21. The van der Waals surface area contributed by atoms with Gasteiger partial charge < -0.3 is 0 Å². The molecule has 1 aromatic heterocycles. The number of anilines is 1. The second kappa shape index (κ2) is 7.66. The molecule has 0 aliphatic rings. The summed E-state index contributed by atoms with van der Waals surface area (Å²) in [5.41, 5.74) is 2.74. The number of nitrogens with one attached hydrogen (secondary N) is 1. The van der Waals surface area contributed by atoms with Crippen LogP contribution in [0.4, 0.5) is 5.13 Å². The smallest absolute Gasteiger partial charge is 0.243 e. The van der Waals surface area contributed by atoms with Crippen molar-refractivity contribution in [2.45, 2.75) is 13.0 Å². The summed E-state index contributed by atoms with van der Waals surface area (Å²) >= 11 is 1.31. The summed E-state index contributed by atoms with van der Waals surface area (Å²) in [4.78, 5) is 14.0. The van der Waals surface area contributed by atoms with Gasteiger partial charge in [-0.1, -0.05) is 53.8 Å². The van der Waals surface area contributed by atoms with Crippen LogP contribution >= 0.6 is 11.3 Å². The number of carbonyl (C=O) groups is 1. The standard InChI is InChI=1S/C15H18N4OS/c1-12(14(20)17-15-18-16-11-21-15)19(2)10-6-9-13-7-4-3-5-8-13/h3-9,11-12H,10H2,1-2H3,(H,17,18,20)/b9-6+/t12-/m1/s1. The first-order valence-electron chi connectivity index (χ1n) is 6.65. The Morgan fingerprint density at radius 3 is 2.86 bits per heavy atom. The predicted octanol–water partition coefficient (Wildman–Crippen LogP) is 2.51. The van der Waals surface area contributed by atoms with Crippen molar-refractivity contribution in [1.82, 2.24) is 15.1 Å². The minimum atomic E-state index is -0.241. The van der Waals surface area contributed by atoms with Gasteiger partial charge in [-0.05, 0) is 19.5 Å². The Morgan fingerprint density at radius 2 is 2.19 bits per heavy atom. The van der Waals surface area contributed by atoms with E-state index >= 15 is 0 Å². The van der Waals surface area contributed by atoms with E-state index in [-0.39, 0.29) is 11.9 Å². The lowest BCUT2D eigenvalue weighted by Crippen LogP contribution is -2.39. The first-order valence-corrected chi connectivity index (χ1v) is 7.53.